The van der Waals surface area contributed by atoms with Crippen molar-refractivity contribution in [2.45, 2.75) is 13.5 Å². The Morgan fingerprint density at radius 1 is 1.12 bits per heavy atom. The van der Waals surface area contributed by atoms with Crippen molar-refractivity contribution < 1.29 is 14.0 Å². The van der Waals surface area contributed by atoms with Crippen LogP contribution >= 0.6 is 15.9 Å². The van der Waals surface area contributed by atoms with Gasteiger partial charge in [-0.05, 0) is 46.1 Å². The monoisotopic (exact) mass is 419 g/mol. The van der Waals surface area contributed by atoms with Crippen LogP contribution in [0.1, 0.15) is 21.7 Å². The number of carbonyl (C=O) groups is 2. The molecule has 2 amide bonds. The fraction of sp³-hybridized carbons (Fsp3) is 0.368. The van der Waals surface area contributed by atoms with Gasteiger partial charge in [-0.2, -0.15) is 0 Å². The second-order valence-corrected chi connectivity index (χ2v) is 7.15. The van der Waals surface area contributed by atoms with Gasteiger partial charge in [0.15, 0.2) is 10.4 Å². The Kier molecular flexibility index (Phi) is 6.11. The summed E-state index contributed by atoms with van der Waals surface area (Å²) in [7, 11) is 0. The van der Waals surface area contributed by atoms with Gasteiger partial charge in [0.05, 0.1) is 6.54 Å². The quantitative estimate of drug-likeness (QED) is 0.807. The topological polar surface area (TPSA) is 65.8 Å². The van der Waals surface area contributed by atoms with Gasteiger partial charge >= 0.3 is 0 Å². The molecule has 7 heteroatoms. The zero-order valence-electron chi connectivity index (χ0n) is 14.7. The van der Waals surface area contributed by atoms with Crippen LogP contribution in [-0.4, -0.2) is 54.3 Å². The maximum absolute atomic E-state index is 12.3. The molecule has 1 aliphatic heterocycles. The van der Waals surface area contributed by atoms with E-state index in [0.717, 1.165) is 19.6 Å². The highest BCUT2D eigenvalue weighted by Crippen LogP contribution is 2.14. The van der Waals surface area contributed by atoms with Crippen LogP contribution in [0.25, 0.3) is 0 Å². The molecular weight excluding hydrogens is 398 g/mol. The van der Waals surface area contributed by atoms with Crippen molar-refractivity contribution in [1.82, 2.24) is 15.1 Å². The molecular formula is C19H22BrN3O3. The summed E-state index contributed by atoms with van der Waals surface area (Å²) in [6.45, 7) is 6.02. The van der Waals surface area contributed by atoms with Gasteiger partial charge < -0.3 is 14.6 Å². The van der Waals surface area contributed by atoms with Crippen molar-refractivity contribution in [3.05, 3.63) is 58.0 Å². The zero-order valence-corrected chi connectivity index (χ0v) is 16.3. The van der Waals surface area contributed by atoms with E-state index in [2.05, 4.69) is 51.3 Å². The molecule has 1 aliphatic rings. The third-order valence-electron chi connectivity index (χ3n) is 4.58. The van der Waals surface area contributed by atoms with E-state index < -0.39 is 0 Å². The lowest BCUT2D eigenvalue weighted by atomic mass is 10.1. The van der Waals surface area contributed by atoms with Gasteiger partial charge in [-0.3, -0.25) is 14.5 Å². The molecule has 1 N–H and O–H groups in total. The smallest absolute Gasteiger partial charge is 0.287 e. The first-order chi connectivity index (χ1) is 12.5. The van der Waals surface area contributed by atoms with Crippen LogP contribution in [0.3, 0.4) is 0 Å². The summed E-state index contributed by atoms with van der Waals surface area (Å²) in [5, 5.41) is 2.61. The van der Waals surface area contributed by atoms with E-state index in [1.807, 2.05) is 6.07 Å². The van der Waals surface area contributed by atoms with Gasteiger partial charge in [0.2, 0.25) is 5.91 Å². The molecule has 26 heavy (non-hydrogen) atoms. The zero-order chi connectivity index (χ0) is 18.5. The average molecular weight is 420 g/mol. The molecule has 3 rings (SSSR count). The van der Waals surface area contributed by atoms with Crippen molar-refractivity contribution in [2.24, 2.45) is 0 Å². The molecule has 1 aromatic carbocycles. The SMILES string of the molecule is Cc1ccccc1CN1CCN(C(=O)CNC(=O)c2ccc(Br)o2)CC1. The molecule has 1 aromatic heterocycles. The minimum atomic E-state index is -0.387. The van der Waals surface area contributed by atoms with Crippen molar-refractivity contribution in [3.8, 4) is 0 Å². The Balaban J connectivity index is 1.43. The first-order valence-corrected chi connectivity index (χ1v) is 9.40. The van der Waals surface area contributed by atoms with Crippen LogP contribution in [0.5, 0.6) is 0 Å². The van der Waals surface area contributed by atoms with E-state index >= 15 is 0 Å². The van der Waals surface area contributed by atoms with E-state index in [9.17, 15) is 9.59 Å². The highest BCUT2D eigenvalue weighted by atomic mass is 79.9. The number of halogens is 1. The maximum Gasteiger partial charge on any atom is 0.287 e. The van der Waals surface area contributed by atoms with Crippen LogP contribution in [0.2, 0.25) is 0 Å². The first-order valence-electron chi connectivity index (χ1n) is 8.61. The number of hydrogen-bond acceptors (Lipinski definition) is 4. The highest BCUT2D eigenvalue weighted by Gasteiger charge is 2.22. The molecule has 0 aliphatic carbocycles. The number of carbonyl (C=O) groups excluding carboxylic acids is 2. The Bertz CT molecular complexity index is 782. The summed E-state index contributed by atoms with van der Waals surface area (Å²) < 4.78 is 5.66. The molecule has 138 valence electrons. The molecule has 1 fully saturated rings. The minimum absolute atomic E-state index is 0.0189. The highest BCUT2D eigenvalue weighted by molar-refractivity contribution is 9.10. The molecule has 0 bridgehead atoms. The first kappa shape index (κ1) is 18.7. The molecule has 0 unspecified atom stereocenters. The van der Waals surface area contributed by atoms with Gasteiger partial charge in [-0.25, -0.2) is 0 Å². The number of rotatable bonds is 5. The largest absolute Gasteiger partial charge is 0.444 e. The molecule has 1 saturated heterocycles. The van der Waals surface area contributed by atoms with Gasteiger partial charge in [0, 0.05) is 32.7 Å². The summed E-state index contributed by atoms with van der Waals surface area (Å²) in [6, 6.07) is 11.6. The van der Waals surface area contributed by atoms with Crippen LogP contribution < -0.4 is 5.32 Å². The van der Waals surface area contributed by atoms with E-state index in [0.29, 0.717) is 17.8 Å². The summed E-state index contributed by atoms with van der Waals surface area (Å²) >= 11 is 3.15. The molecule has 0 saturated carbocycles. The molecule has 2 heterocycles. The summed E-state index contributed by atoms with van der Waals surface area (Å²) in [5.74, 6) is -0.269. The number of benzene rings is 1. The van der Waals surface area contributed by atoms with Crippen LogP contribution in [0.15, 0.2) is 45.5 Å². The van der Waals surface area contributed by atoms with Gasteiger partial charge in [-0.1, -0.05) is 24.3 Å². The number of furan rings is 1. The summed E-state index contributed by atoms with van der Waals surface area (Å²) in [6.07, 6.45) is 0. The lowest BCUT2D eigenvalue weighted by Crippen LogP contribution is -2.50. The van der Waals surface area contributed by atoms with Crippen molar-refractivity contribution in [1.29, 1.82) is 0 Å². The number of amides is 2. The van der Waals surface area contributed by atoms with Gasteiger partial charge in [-0.15, -0.1) is 0 Å². The Labute approximate surface area is 161 Å². The Hall–Kier alpha value is -2.12. The Morgan fingerprint density at radius 3 is 2.50 bits per heavy atom. The minimum Gasteiger partial charge on any atom is -0.444 e. The van der Waals surface area contributed by atoms with Crippen molar-refractivity contribution in [2.75, 3.05) is 32.7 Å². The van der Waals surface area contributed by atoms with Crippen LogP contribution in [0, 0.1) is 6.92 Å². The number of nitrogens with one attached hydrogen (secondary N) is 1. The average Bonchev–Trinajstić information content (AvgIpc) is 3.08. The van der Waals surface area contributed by atoms with Crippen molar-refractivity contribution >= 4 is 27.7 Å². The molecule has 0 atom stereocenters. The molecule has 2 aromatic rings. The summed E-state index contributed by atoms with van der Waals surface area (Å²) in [4.78, 5) is 28.4. The number of hydrogen-bond donors (Lipinski definition) is 1. The number of nitrogens with zero attached hydrogens (tertiary/aromatic N) is 2. The number of piperazine rings is 1. The lowest BCUT2D eigenvalue weighted by Gasteiger charge is -2.35. The molecule has 0 spiro atoms. The van der Waals surface area contributed by atoms with Gasteiger partial charge in [0.25, 0.3) is 5.91 Å². The maximum atomic E-state index is 12.3. The van der Waals surface area contributed by atoms with Crippen LogP contribution in [0.4, 0.5) is 0 Å². The van der Waals surface area contributed by atoms with E-state index in [4.69, 9.17) is 4.42 Å². The third kappa shape index (κ3) is 4.74. The van der Waals surface area contributed by atoms with E-state index in [1.54, 1.807) is 17.0 Å². The predicted octanol–water partition coefficient (Wildman–Crippen LogP) is 2.42. The predicted molar refractivity (Wildman–Crippen MR) is 102 cm³/mol. The fourth-order valence-electron chi connectivity index (χ4n) is 2.97. The Morgan fingerprint density at radius 2 is 1.85 bits per heavy atom. The number of aryl methyl sites for hydroxylation is 1. The van der Waals surface area contributed by atoms with Gasteiger partial charge in [0.1, 0.15) is 0 Å². The second-order valence-electron chi connectivity index (χ2n) is 6.37. The third-order valence-corrected chi connectivity index (χ3v) is 5.00. The standard InChI is InChI=1S/C19H22BrN3O3/c1-14-4-2-3-5-15(14)13-22-8-10-23(11-9-22)18(24)12-21-19(25)16-6-7-17(20)26-16/h2-7H,8-13H2,1H3,(H,21,25). The van der Waals surface area contributed by atoms with Crippen molar-refractivity contribution in [3.63, 3.8) is 0 Å². The van der Waals surface area contributed by atoms with E-state index in [-0.39, 0.29) is 24.1 Å². The molecule has 6 nitrogen and oxygen atoms in total. The molecule has 0 radical (unpaired) electrons. The van der Waals surface area contributed by atoms with Crippen LogP contribution in [-0.2, 0) is 11.3 Å². The summed E-state index contributed by atoms with van der Waals surface area (Å²) in [5.41, 5.74) is 2.61. The lowest BCUT2D eigenvalue weighted by molar-refractivity contribution is -0.131. The fourth-order valence-corrected chi connectivity index (χ4v) is 3.28. The normalized spacial score (nSPS) is 15.1. The van der Waals surface area contributed by atoms with E-state index in [1.165, 1.54) is 11.1 Å². The second kappa shape index (κ2) is 8.51.